The van der Waals surface area contributed by atoms with E-state index in [4.69, 9.17) is 37.0 Å². The molecule has 0 bridgehead atoms. The number of para-hydroxylation sites is 1. The molecule has 0 aliphatic carbocycles. The molecule has 2 atom stereocenters. The summed E-state index contributed by atoms with van der Waals surface area (Å²) in [6.45, 7) is 0. The van der Waals surface area contributed by atoms with Gasteiger partial charge in [-0.05, 0) is 12.1 Å². The van der Waals surface area contributed by atoms with E-state index in [1.165, 1.54) is 0 Å². The summed E-state index contributed by atoms with van der Waals surface area (Å²) in [7, 11) is 0. The summed E-state index contributed by atoms with van der Waals surface area (Å²) in [6.07, 6.45) is -4.53. The molecule has 0 fully saturated rings. The third-order valence-corrected chi connectivity index (χ3v) is 1.90. The van der Waals surface area contributed by atoms with Crippen molar-refractivity contribution in [1.82, 2.24) is 0 Å². The van der Waals surface area contributed by atoms with E-state index in [2.05, 4.69) is 0 Å². The lowest BCUT2D eigenvalue weighted by atomic mass is 10.2. The van der Waals surface area contributed by atoms with Crippen LogP contribution in [0.3, 0.4) is 0 Å². The molecular weight excluding hydrogens is 260 g/mol. The Kier molecular flexibility index (Phi) is 6.10. The van der Waals surface area contributed by atoms with Gasteiger partial charge in [0.25, 0.3) is 0 Å². The van der Waals surface area contributed by atoms with Crippen LogP contribution in [-0.2, 0) is 9.59 Å². The highest BCUT2D eigenvalue weighted by molar-refractivity contribution is 5.83. The molecule has 0 aliphatic rings. The Hall–Kier alpha value is -2.52. The lowest BCUT2D eigenvalue weighted by Gasteiger charge is -2.07. The number of nitrogen functional groups attached to an aromatic ring is 2. The lowest BCUT2D eigenvalue weighted by molar-refractivity contribution is -0.165. The second-order valence-corrected chi connectivity index (χ2v) is 3.35. The maximum atomic E-state index is 9.77. The third kappa shape index (κ3) is 5.10. The van der Waals surface area contributed by atoms with Gasteiger partial charge in [-0.2, -0.15) is 0 Å². The Morgan fingerprint density at radius 1 is 0.947 bits per heavy atom. The molecule has 0 spiro atoms. The number of carboxylic acid groups (broad SMARTS) is 2. The Bertz CT molecular complexity index is 425. The number of rotatable bonds is 3. The summed E-state index contributed by atoms with van der Waals surface area (Å²) in [5, 5.41) is 41.5. The third-order valence-electron chi connectivity index (χ3n) is 1.90. The van der Waals surface area contributed by atoms with Gasteiger partial charge in [-0.25, -0.2) is 9.59 Å². The van der Waals surface area contributed by atoms with E-state index in [9.17, 15) is 9.59 Å². The first-order valence-corrected chi connectivity index (χ1v) is 4.83. The number of benzene rings is 1. The normalized spacial score (nSPS) is 12.7. The summed E-state index contributed by atoms with van der Waals surface area (Å²) in [5.74, 6) is -3.57. The van der Waals surface area contributed by atoms with Crippen molar-refractivity contribution < 1.29 is 35.1 Å². The first-order chi connectivity index (χ1) is 8.68. The molecule has 19 heavy (non-hydrogen) atoms. The molecule has 0 aliphatic heterocycles. The van der Waals surface area contributed by atoms with Crippen molar-refractivity contribution >= 4 is 23.3 Å². The monoisotopic (exact) mass is 274 g/mol. The number of carbonyl (C=O) groups is 2. The second kappa shape index (κ2) is 7.03. The quantitative estimate of drug-likeness (QED) is 0.252. The van der Waals surface area contributed by atoms with Crippen LogP contribution in [0.15, 0.2) is 18.2 Å². The van der Waals surface area contributed by atoms with E-state index < -0.39 is 24.1 Å². The standard InChI is InChI=1S/C6H8N2O.C4H6O6/c7-4-2-1-3-5(8)6(4)9;5-1(3(7)8)2(6)4(9)10/h1-3,9H,7-8H2;1-2,5-6H,(H,7,8)(H,9,10). The van der Waals surface area contributed by atoms with Crippen molar-refractivity contribution in [3.05, 3.63) is 18.2 Å². The van der Waals surface area contributed by atoms with Gasteiger partial charge in [0.05, 0.1) is 11.4 Å². The minimum atomic E-state index is -2.27. The van der Waals surface area contributed by atoms with Crippen LogP contribution in [0, 0.1) is 0 Å². The summed E-state index contributed by atoms with van der Waals surface area (Å²) < 4.78 is 0. The Morgan fingerprint density at radius 2 is 1.26 bits per heavy atom. The van der Waals surface area contributed by atoms with Crippen molar-refractivity contribution in [2.45, 2.75) is 12.2 Å². The molecule has 0 radical (unpaired) electrons. The van der Waals surface area contributed by atoms with Gasteiger partial charge in [0.15, 0.2) is 18.0 Å². The number of aliphatic carboxylic acids is 2. The minimum absolute atomic E-state index is 0.0301. The number of phenolic OH excluding ortho intramolecular Hbond substituents is 1. The van der Waals surface area contributed by atoms with Gasteiger partial charge >= 0.3 is 11.9 Å². The van der Waals surface area contributed by atoms with E-state index in [-0.39, 0.29) is 5.75 Å². The number of aliphatic hydroxyl groups is 2. The van der Waals surface area contributed by atoms with Gasteiger partial charge in [0.1, 0.15) is 0 Å². The first-order valence-electron chi connectivity index (χ1n) is 4.83. The number of aliphatic hydroxyl groups excluding tert-OH is 2. The average molecular weight is 274 g/mol. The van der Waals surface area contributed by atoms with Crippen molar-refractivity contribution in [3.63, 3.8) is 0 Å². The molecule has 0 aromatic heterocycles. The Balaban J connectivity index is 0.000000342. The average Bonchev–Trinajstić information content (AvgIpc) is 2.34. The topological polar surface area (TPSA) is 187 Å². The Labute approximate surface area is 107 Å². The summed E-state index contributed by atoms with van der Waals surface area (Å²) >= 11 is 0. The number of anilines is 2. The zero-order valence-corrected chi connectivity index (χ0v) is 9.59. The molecule has 9 nitrogen and oxygen atoms in total. The molecular formula is C10H14N2O7. The van der Waals surface area contributed by atoms with E-state index in [0.29, 0.717) is 11.4 Å². The number of aromatic hydroxyl groups is 1. The molecule has 9 N–H and O–H groups in total. The van der Waals surface area contributed by atoms with Gasteiger partial charge in [0, 0.05) is 0 Å². The highest BCUT2D eigenvalue weighted by Crippen LogP contribution is 2.25. The van der Waals surface area contributed by atoms with Crippen molar-refractivity contribution in [1.29, 1.82) is 0 Å². The maximum absolute atomic E-state index is 9.77. The van der Waals surface area contributed by atoms with Crippen molar-refractivity contribution in [3.8, 4) is 5.75 Å². The van der Waals surface area contributed by atoms with Crippen LogP contribution in [0.25, 0.3) is 0 Å². The molecule has 1 aromatic carbocycles. The predicted octanol–water partition coefficient (Wildman–Crippen LogP) is -1.57. The maximum Gasteiger partial charge on any atom is 0.335 e. The van der Waals surface area contributed by atoms with Crippen LogP contribution in [0.1, 0.15) is 0 Å². The molecule has 0 amide bonds. The van der Waals surface area contributed by atoms with Crippen LogP contribution in [0.2, 0.25) is 0 Å². The van der Waals surface area contributed by atoms with Gasteiger partial charge in [-0.3, -0.25) is 0 Å². The van der Waals surface area contributed by atoms with Crippen molar-refractivity contribution in [2.75, 3.05) is 11.5 Å². The highest BCUT2D eigenvalue weighted by Gasteiger charge is 2.29. The molecule has 0 heterocycles. The van der Waals surface area contributed by atoms with Gasteiger partial charge in [-0.1, -0.05) is 6.07 Å². The number of phenols is 1. The van der Waals surface area contributed by atoms with Crippen molar-refractivity contribution in [2.24, 2.45) is 0 Å². The van der Waals surface area contributed by atoms with Gasteiger partial charge in [-0.15, -0.1) is 0 Å². The fraction of sp³-hybridized carbons (Fsp3) is 0.200. The lowest BCUT2D eigenvalue weighted by Crippen LogP contribution is -2.39. The fourth-order valence-corrected chi connectivity index (χ4v) is 0.850. The second-order valence-electron chi connectivity index (χ2n) is 3.35. The van der Waals surface area contributed by atoms with Crippen LogP contribution < -0.4 is 11.5 Å². The zero-order chi connectivity index (χ0) is 15.2. The molecule has 9 heteroatoms. The predicted molar refractivity (Wildman–Crippen MR) is 64.2 cm³/mol. The summed E-state index contributed by atoms with van der Waals surface area (Å²) in [5.41, 5.74) is 11.2. The van der Waals surface area contributed by atoms with Crippen LogP contribution in [-0.4, -0.2) is 49.7 Å². The number of hydrogen-bond donors (Lipinski definition) is 7. The molecule has 0 saturated heterocycles. The molecule has 1 rings (SSSR count). The number of nitrogens with two attached hydrogens (primary N) is 2. The highest BCUT2D eigenvalue weighted by atomic mass is 16.4. The molecule has 2 unspecified atom stereocenters. The summed E-state index contributed by atoms with van der Waals surface area (Å²) in [4.78, 5) is 19.5. The fourth-order valence-electron chi connectivity index (χ4n) is 0.850. The minimum Gasteiger partial charge on any atom is -0.504 e. The van der Waals surface area contributed by atoms with Gasteiger partial charge in [0.2, 0.25) is 0 Å². The van der Waals surface area contributed by atoms with Crippen LogP contribution in [0.4, 0.5) is 11.4 Å². The van der Waals surface area contributed by atoms with E-state index >= 15 is 0 Å². The molecule has 106 valence electrons. The van der Waals surface area contributed by atoms with Crippen LogP contribution >= 0.6 is 0 Å². The first kappa shape index (κ1) is 16.5. The van der Waals surface area contributed by atoms with Crippen LogP contribution in [0.5, 0.6) is 5.75 Å². The Morgan fingerprint density at radius 3 is 1.47 bits per heavy atom. The SMILES string of the molecule is Nc1cccc(N)c1O.O=C(O)C(O)C(O)C(=O)O. The van der Waals surface area contributed by atoms with E-state index in [1.54, 1.807) is 18.2 Å². The summed E-state index contributed by atoms with van der Waals surface area (Å²) in [6, 6.07) is 4.86. The van der Waals surface area contributed by atoms with E-state index in [0.717, 1.165) is 0 Å². The van der Waals surface area contributed by atoms with E-state index in [1.807, 2.05) is 0 Å². The molecule has 0 saturated carbocycles. The number of carboxylic acids is 2. The smallest absolute Gasteiger partial charge is 0.335 e. The van der Waals surface area contributed by atoms with Gasteiger partial charge < -0.3 is 37.0 Å². The largest absolute Gasteiger partial charge is 0.504 e. The molecule has 1 aromatic rings. The number of hydrogen-bond acceptors (Lipinski definition) is 7. The zero-order valence-electron chi connectivity index (χ0n) is 9.59.